The average molecular weight is 240 g/mol. The van der Waals surface area contributed by atoms with Crippen LogP contribution in [0.2, 0.25) is 5.02 Å². The SMILES string of the molecule is CC(=O)C1(c2cc(Cl)ccc2[N+](=O)[O-])CC1. The number of hydrogen-bond donors (Lipinski definition) is 0. The molecule has 0 saturated heterocycles. The molecule has 0 atom stereocenters. The molecular formula is C11H10ClNO3. The van der Waals surface area contributed by atoms with E-state index < -0.39 is 10.3 Å². The van der Waals surface area contributed by atoms with E-state index in [2.05, 4.69) is 0 Å². The highest BCUT2D eigenvalue weighted by atomic mass is 35.5. The normalized spacial score (nSPS) is 16.9. The van der Waals surface area contributed by atoms with Gasteiger partial charge in [0.25, 0.3) is 5.69 Å². The van der Waals surface area contributed by atoms with Crippen molar-refractivity contribution in [3.63, 3.8) is 0 Å². The van der Waals surface area contributed by atoms with E-state index in [1.165, 1.54) is 25.1 Å². The predicted octanol–water partition coefficient (Wildman–Crippen LogP) is 2.87. The Morgan fingerprint density at radius 2 is 2.12 bits per heavy atom. The van der Waals surface area contributed by atoms with Crippen molar-refractivity contribution in [3.8, 4) is 0 Å². The first-order valence-corrected chi connectivity index (χ1v) is 5.30. The monoisotopic (exact) mass is 239 g/mol. The maximum Gasteiger partial charge on any atom is 0.273 e. The van der Waals surface area contributed by atoms with Crippen LogP contribution in [-0.2, 0) is 10.2 Å². The molecule has 1 fully saturated rings. The number of hydrogen-bond acceptors (Lipinski definition) is 3. The Labute approximate surface area is 97.4 Å². The lowest BCUT2D eigenvalue weighted by Crippen LogP contribution is -2.18. The molecule has 0 N–H and O–H groups in total. The van der Waals surface area contributed by atoms with Gasteiger partial charge in [-0.05, 0) is 31.9 Å². The molecule has 16 heavy (non-hydrogen) atoms. The Hall–Kier alpha value is -1.42. The van der Waals surface area contributed by atoms with Crippen LogP contribution in [0.5, 0.6) is 0 Å². The van der Waals surface area contributed by atoms with Gasteiger partial charge in [0.05, 0.1) is 10.3 Å². The summed E-state index contributed by atoms with van der Waals surface area (Å²) in [5.41, 5.74) is -0.220. The zero-order valence-corrected chi connectivity index (χ0v) is 9.45. The highest BCUT2D eigenvalue weighted by Crippen LogP contribution is 2.52. The summed E-state index contributed by atoms with van der Waals surface area (Å²) >= 11 is 5.83. The molecule has 0 amide bonds. The summed E-state index contributed by atoms with van der Waals surface area (Å²) in [4.78, 5) is 22.0. The molecule has 0 spiro atoms. The number of rotatable bonds is 3. The number of nitro groups is 1. The third-order valence-corrected chi connectivity index (χ3v) is 3.33. The lowest BCUT2D eigenvalue weighted by molar-refractivity contribution is -0.385. The summed E-state index contributed by atoms with van der Waals surface area (Å²) in [6.45, 7) is 1.47. The molecule has 0 bridgehead atoms. The molecule has 1 aliphatic rings. The smallest absolute Gasteiger partial charge is 0.273 e. The molecule has 1 saturated carbocycles. The van der Waals surface area contributed by atoms with Gasteiger partial charge >= 0.3 is 0 Å². The molecule has 0 aromatic heterocycles. The van der Waals surface area contributed by atoms with Crippen molar-refractivity contribution in [2.45, 2.75) is 25.2 Å². The van der Waals surface area contributed by atoms with E-state index in [4.69, 9.17) is 11.6 Å². The first-order chi connectivity index (χ1) is 7.47. The van der Waals surface area contributed by atoms with Crippen molar-refractivity contribution in [2.24, 2.45) is 0 Å². The minimum absolute atomic E-state index is 0.0166. The minimum atomic E-state index is -0.659. The van der Waals surface area contributed by atoms with Crippen molar-refractivity contribution in [3.05, 3.63) is 38.9 Å². The molecule has 0 unspecified atom stereocenters. The Kier molecular flexibility index (Phi) is 2.46. The molecular weight excluding hydrogens is 230 g/mol. The summed E-state index contributed by atoms with van der Waals surface area (Å²) < 4.78 is 0. The summed E-state index contributed by atoms with van der Waals surface area (Å²) in [7, 11) is 0. The van der Waals surface area contributed by atoms with Crippen LogP contribution < -0.4 is 0 Å². The van der Waals surface area contributed by atoms with Crippen molar-refractivity contribution in [1.82, 2.24) is 0 Å². The van der Waals surface area contributed by atoms with Crippen LogP contribution >= 0.6 is 11.6 Å². The maximum atomic E-state index is 11.5. The van der Waals surface area contributed by atoms with Gasteiger partial charge in [-0.2, -0.15) is 0 Å². The third kappa shape index (κ3) is 1.59. The van der Waals surface area contributed by atoms with E-state index >= 15 is 0 Å². The van der Waals surface area contributed by atoms with Crippen LogP contribution in [0.15, 0.2) is 18.2 Å². The van der Waals surface area contributed by atoms with E-state index in [0.29, 0.717) is 23.4 Å². The van der Waals surface area contributed by atoms with Gasteiger partial charge in [0.1, 0.15) is 5.78 Å². The molecule has 2 rings (SSSR count). The molecule has 0 heterocycles. The van der Waals surface area contributed by atoms with E-state index in [-0.39, 0.29) is 11.5 Å². The summed E-state index contributed by atoms with van der Waals surface area (Å²) in [5.74, 6) is -0.0298. The van der Waals surface area contributed by atoms with Gasteiger partial charge in [-0.3, -0.25) is 14.9 Å². The Morgan fingerprint density at radius 1 is 1.50 bits per heavy atom. The number of carbonyl (C=O) groups excluding carboxylic acids is 1. The second-order valence-corrected chi connectivity index (χ2v) is 4.49. The third-order valence-electron chi connectivity index (χ3n) is 3.09. The average Bonchev–Trinajstić information content (AvgIpc) is 2.97. The van der Waals surface area contributed by atoms with E-state index in [0.717, 1.165) is 0 Å². The molecule has 0 radical (unpaired) electrons. The summed E-state index contributed by atoms with van der Waals surface area (Å²) in [6.07, 6.45) is 1.34. The minimum Gasteiger partial charge on any atom is -0.299 e. The molecule has 1 aromatic carbocycles. The van der Waals surface area contributed by atoms with Crippen LogP contribution in [0.3, 0.4) is 0 Å². The largest absolute Gasteiger partial charge is 0.299 e. The van der Waals surface area contributed by atoms with Gasteiger partial charge < -0.3 is 0 Å². The van der Waals surface area contributed by atoms with Crippen LogP contribution in [0.4, 0.5) is 5.69 Å². The standard InChI is InChI=1S/C11H10ClNO3/c1-7(14)11(4-5-11)9-6-8(12)2-3-10(9)13(15)16/h2-3,6H,4-5H2,1H3. The number of ketones is 1. The quantitative estimate of drug-likeness (QED) is 0.602. The zero-order chi connectivity index (χ0) is 11.9. The number of halogens is 1. The zero-order valence-electron chi connectivity index (χ0n) is 8.70. The van der Waals surface area contributed by atoms with Gasteiger partial charge in [-0.25, -0.2) is 0 Å². The highest BCUT2D eigenvalue weighted by molar-refractivity contribution is 6.30. The van der Waals surface area contributed by atoms with Crippen LogP contribution in [-0.4, -0.2) is 10.7 Å². The van der Waals surface area contributed by atoms with Gasteiger partial charge in [-0.1, -0.05) is 11.6 Å². The van der Waals surface area contributed by atoms with E-state index in [1.807, 2.05) is 0 Å². The van der Waals surface area contributed by atoms with Crippen LogP contribution in [0.25, 0.3) is 0 Å². The fourth-order valence-corrected chi connectivity index (χ4v) is 2.16. The first-order valence-electron chi connectivity index (χ1n) is 4.93. The highest BCUT2D eigenvalue weighted by Gasteiger charge is 2.52. The second-order valence-electron chi connectivity index (χ2n) is 4.06. The van der Waals surface area contributed by atoms with E-state index in [9.17, 15) is 14.9 Å². The van der Waals surface area contributed by atoms with Crippen molar-refractivity contribution < 1.29 is 9.72 Å². The number of benzene rings is 1. The molecule has 4 nitrogen and oxygen atoms in total. The Bertz CT molecular complexity index is 480. The first kappa shape index (κ1) is 11.1. The van der Waals surface area contributed by atoms with Gasteiger partial charge in [0.15, 0.2) is 0 Å². The van der Waals surface area contributed by atoms with Crippen molar-refractivity contribution >= 4 is 23.1 Å². The number of nitrogens with zero attached hydrogens (tertiary/aromatic N) is 1. The van der Waals surface area contributed by atoms with Crippen molar-refractivity contribution in [1.29, 1.82) is 0 Å². The fraction of sp³-hybridized carbons (Fsp3) is 0.364. The second kappa shape index (κ2) is 3.56. The number of carbonyl (C=O) groups is 1. The van der Waals surface area contributed by atoms with Gasteiger partial charge in [-0.15, -0.1) is 0 Å². The number of Topliss-reactive ketones (excluding diaryl/α,β-unsaturated/α-hetero) is 1. The molecule has 5 heteroatoms. The predicted molar refractivity (Wildman–Crippen MR) is 59.7 cm³/mol. The van der Waals surface area contributed by atoms with Crippen LogP contribution in [0, 0.1) is 10.1 Å². The lowest BCUT2D eigenvalue weighted by atomic mass is 9.91. The fourth-order valence-electron chi connectivity index (χ4n) is 1.99. The van der Waals surface area contributed by atoms with E-state index in [1.54, 1.807) is 0 Å². The Balaban J connectivity index is 2.59. The lowest BCUT2D eigenvalue weighted by Gasteiger charge is -2.12. The molecule has 1 aromatic rings. The Morgan fingerprint density at radius 3 is 2.56 bits per heavy atom. The topological polar surface area (TPSA) is 60.2 Å². The number of nitro benzene ring substituents is 1. The molecule has 0 aliphatic heterocycles. The van der Waals surface area contributed by atoms with Gasteiger partial charge in [0, 0.05) is 16.7 Å². The maximum absolute atomic E-state index is 11.5. The summed E-state index contributed by atoms with van der Waals surface area (Å²) in [5, 5.41) is 11.3. The molecule has 1 aliphatic carbocycles. The van der Waals surface area contributed by atoms with Gasteiger partial charge in [0.2, 0.25) is 0 Å². The summed E-state index contributed by atoms with van der Waals surface area (Å²) in [6, 6.07) is 4.37. The molecule has 84 valence electrons. The van der Waals surface area contributed by atoms with Crippen molar-refractivity contribution in [2.75, 3.05) is 0 Å². The van der Waals surface area contributed by atoms with Crippen LogP contribution in [0.1, 0.15) is 25.3 Å².